The van der Waals surface area contributed by atoms with E-state index in [4.69, 9.17) is 9.47 Å². The highest BCUT2D eigenvalue weighted by atomic mass is 32.2. The van der Waals surface area contributed by atoms with Crippen molar-refractivity contribution >= 4 is 27.5 Å². The van der Waals surface area contributed by atoms with Crippen molar-refractivity contribution in [3.63, 3.8) is 0 Å². The van der Waals surface area contributed by atoms with Gasteiger partial charge in [0, 0.05) is 18.7 Å². The van der Waals surface area contributed by atoms with Gasteiger partial charge in [0.05, 0.1) is 4.90 Å². The Morgan fingerprint density at radius 1 is 1.11 bits per heavy atom. The molecule has 0 aromatic heterocycles. The third-order valence-corrected chi connectivity index (χ3v) is 5.72. The summed E-state index contributed by atoms with van der Waals surface area (Å²) < 4.78 is 38.7. The van der Waals surface area contributed by atoms with Crippen molar-refractivity contribution in [3.8, 4) is 11.5 Å². The predicted molar refractivity (Wildman–Crippen MR) is 103 cm³/mol. The van der Waals surface area contributed by atoms with Gasteiger partial charge in [-0.05, 0) is 36.8 Å². The Morgan fingerprint density at radius 3 is 2.71 bits per heavy atom. The lowest BCUT2D eigenvalue weighted by molar-refractivity contribution is -0.125. The molecule has 4 rings (SSSR count). The monoisotopic (exact) mass is 401 g/mol. The Labute approximate surface area is 162 Å². The van der Waals surface area contributed by atoms with Crippen molar-refractivity contribution in [1.82, 2.24) is 4.72 Å². The molecule has 2 N–H and O–H groups in total. The first kappa shape index (κ1) is 18.3. The third kappa shape index (κ3) is 3.94. The molecule has 0 radical (unpaired) electrons. The Balaban J connectivity index is 1.45. The number of para-hydroxylation sites is 2. The number of sulfonamides is 1. The van der Waals surface area contributed by atoms with Crippen LogP contribution >= 0.6 is 0 Å². The molecule has 2 aliphatic heterocycles. The Morgan fingerprint density at radius 2 is 1.93 bits per heavy atom. The van der Waals surface area contributed by atoms with Crippen LogP contribution < -0.4 is 19.5 Å². The van der Waals surface area contributed by atoms with Crippen molar-refractivity contribution in [2.75, 3.05) is 18.5 Å². The van der Waals surface area contributed by atoms with Crippen LogP contribution in [0, 0.1) is 0 Å². The summed E-state index contributed by atoms with van der Waals surface area (Å²) in [5, 5.41) is 2.68. The lowest BCUT2D eigenvalue weighted by Gasteiger charge is -2.25. The van der Waals surface area contributed by atoms with Crippen molar-refractivity contribution in [3.05, 3.63) is 48.5 Å². The highest BCUT2D eigenvalue weighted by Gasteiger charge is 2.27. The summed E-state index contributed by atoms with van der Waals surface area (Å²) in [5.74, 6) is 1.12. The molecule has 1 unspecified atom stereocenters. The van der Waals surface area contributed by atoms with Gasteiger partial charge in [-0.1, -0.05) is 18.2 Å². The fourth-order valence-corrected chi connectivity index (χ4v) is 4.08. The number of fused-ring (bicyclic) bond motifs is 1. The number of ether oxygens (including phenoxy) is 2. The molecule has 8 nitrogen and oxygen atoms in total. The minimum Gasteiger partial charge on any atom is -0.485 e. The van der Waals surface area contributed by atoms with E-state index in [-0.39, 0.29) is 11.5 Å². The maximum Gasteiger partial charge on any atom is 0.269 e. The molecule has 1 atom stereocenters. The van der Waals surface area contributed by atoms with E-state index in [2.05, 4.69) is 15.0 Å². The minimum absolute atomic E-state index is 0.0473. The van der Waals surface area contributed by atoms with Gasteiger partial charge in [-0.25, -0.2) is 8.42 Å². The lowest BCUT2D eigenvalue weighted by atomic mass is 10.2. The summed E-state index contributed by atoms with van der Waals surface area (Å²) in [6.07, 6.45) is 0.609. The van der Waals surface area contributed by atoms with Crippen molar-refractivity contribution < 1.29 is 22.7 Å². The van der Waals surface area contributed by atoms with E-state index in [1.807, 2.05) is 6.07 Å². The molecule has 146 valence electrons. The second kappa shape index (κ2) is 7.51. The number of rotatable bonds is 4. The van der Waals surface area contributed by atoms with Gasteiger partial charge in [0.15, 0.2) is 11.5 Å². The zero-order valence-electron chi connectivity index (χ0n) is 14.9. The molecular weight excluding hydrogens is 382 g/mol. The number of benzene rings is 2. The van der Waals surface area contributed by atoms with Crippen LogP contribution in [0.3, 0.4) is 0 Å². The molecule has 0 spiro atoms. The van der Waals surface area contributed by atoms with Crippen LogP contribution in [-0.4, -0.2) is 39.4 Å². The van der Waals surface area contributed by atoms with Crippen molar-refractivity contribution in [2.24, 2.45) is 4.99 Å². The molecule has 1 amide bonds. The van der Waals surface area contributed by atoms with Gasteiger partial charge in [-0.2, -0.15) is 0 Å². The molecule has 0 bridgehead atoms. The maximum atomic E-state index is 12.5. The zero-order chi connectivity index (χ0) is 19.6. The van der Waals surface area contributed by atoms with E-state index >= 15 is 0 Å². The molecule has 2 aromatic rings. The number of carbonyl (C=O) groups excluding carboxylic acids is 1. The van der Waals surface area contributed by atoms with Crippen LogP contribution in [0.1, 0.15) is 12.8 Å². The van der Waals surface area contributed by atoms with Crippen molar-refractivity contribution in [2.45, 2.75) is 23.8 Å². The van der Waals surface area contributed by atoms with Crippen LogP contribution in [0.2, 0.25) is 0 Å². The van der Waals surface area contributed by atoms with Gasteiger partial charge >= 0.3 is 0 Å². The topological polar surface area (TPSA) is 106 Å². The highest BCUT2D eigenvalue weighted by Crippen LogP contribution is 2.31. The first-order valence-corrected chi connectivity index (χ1v) is 10.4. The molecule has 9 heteroatoms. The summed E-state index contributed by atoms with van der Waals surface area (Å²) >= 11 is 0. The quantitative estimate of drug-likeness (QED) is 0.814. The van der Waals surface area contributed by atoms with Gasteiger partial charge in [0.1, 0.15) is 12.4 Å². The van der Waals surface area contributed by atoms with Crippen LogP contribution in [0.15, 0.2) is 58.4 Å². The lowest BCUT2D eigenvalue weighted by Crippen LogP contribution is -2.40. The van der Waals surface area contributed by atoms with E-state index in [9.17, 15) is 13.2 Å². The smallest absolute Gasteiger partial charge is 0.269 e. The summed E-state index contributed by atoms with van der Waals surface area (Å²) in [4.78, 5) is 16.7. The number of amidine groups is 1. The Kier molecular flexibility index (Phi) is 4.91. The van der Waals surface area contributed by atoms with E-state index in [1.165, 1.54) is 12.1 Å². The SMILES string of the molecule is O=C(Nc1cccc(S(=O)(=O)NC2=NCCC2)c1)C1COc2ccccc2O1. The summed E-state index contributed by atoms with van der Waals surface area (Å²) in [6, 6.07) is 13.1. The Hall–Kier alpha value is -3.07. The number of aliphatic imine (C=N–C) groups is 1. The van der Waals surface area contributed by atoms with Gasteiger partial charge < -0.3 is 14.8 Å². The Bertz CT molecular complexity index is 1040. The van der Waals surface area contributed by atoms with Gasteiger partial charge in [-0.15, -0.1) is 0 Å². The fraction of sp³-hybridized carbons (Fsp3) is 0.263. The number of hydrogen-bond donors (Lipinski definition) is 2. The number of carbonyl (C=O) groups is 1. The number of nitrogens with one attached hydrogen (secondary N) is 2. The van der Waals surface area contributed by atoms with E-state index < -0.39 is 22.0 Å². The molecule has 2 heterocycles. The molecule has 0 aliphatic carbocycles. The highest BCUT2D eigenvalue weighted by molar-refractivity contribution is 7.90. The van der Waals surface area contributed by atoms with E-state index in [0.717, 1.165) is 6.42 Å². The van der Waals surface area contributed by atoms with E-state index in [0.29, 0.717) is 36.0 Å². The summed E-state index contributed by atoms with van der Waals surface area (Å²) in [7, 11) is -3.75. The van der Waals surface area contributed by atoms with Crippen LogP contribution in [0.25, 0.3) is 0 Å². The van der Waals surface area contributed by atoms with Crippen LogP contribution in [-0.2, 0) is 14.8 Å². The molecule has 2 aliphatic rings. The fourth-order valence-electron chi connectivity index (χ4n) is 2.95. The third-order valence-electron chi connectivity index (χ3n) is 4.34. The molecule has 0 fully saturated rings. The second-order valence-corrected chi connectivity index (χ2v) is 8.10. The van der Waals surface area contributed by atoms with Gasteiger partial charge in [-0.3, -0.25) is 14.5 Å². The average Bonchev–Trinajstić information content (AvgIpc) is 3.20. The molecule has 2 aromatic carbocycles. The number of hydrogen-bond acceptors (Lipinski definition) is 6. The number of nitrogens with zero attached hydrogens (tertiary/aromatic N) is 1. The van der Waals surface area contributed by atoms with Crippen LogP contribution in [0.5, 0.6) is 11.5 Å². The van der Waals surface area contributed by atoms with Crippen LogP contribution in [0.4, 0.5) is 5.69 Å². The number of amides is 1. The molecule has 0 saturated carbocycles. The molecular formula is C19H19N3O5S. The number of anilines is 1. The first-order chi connectivity index (χ1) is 13.5. The summed E-state index contributed by atoms with van der Waals surface area (Å²) in [6.45, 7) is 0.697. The zero-order valence-corrected chi connectivity index (χ0v) is 15.7. The van der Waals surface area contributed by atoms with Gasteiger partial charge in [0.25, 0.3) is 15.9 Å². The van der Waals surface area contributed by atoms with Gasteiger partial charge in [0.2, 0.25) is 6.10 Å². The maximum absolute atomic E-state index is 12.5. The largest absolute Gasteiger partial charge is 0.485 e. The minimum atomic E-state index is -3.75. The van der Waals surface area contributed by atoms with Crippen molar-refractivity contribution in [1.29, 1.82) is 0 Å². The van der Waals surface area contributed by atoms with E-state index in [1.54, 1.807) is 30.3 Å². The first-order valence-electron chi connectivity index (χ1n) is 8.87. The standard InChI is InChI=1S/C19H19N3O5S/c23-19(17-12-26-15-7-1-2-8-16(15)27-17)21-13-5-3-6-14(11-13)28(24,25)22-18-9-4-10-20-18/h1-3,5-8,11,17H,4,9-10,12H2,(H,20,22)(H,21,23). The molecule has 0 saturated heterocycles. The predicted octanol–water partition coefficient (Wildman–Crippen LogP) is 1.94. The second-order valence-electron chi connectivity index (χ2n) is 6.42. The normalized spacial score (nSPS) is 18.3. The average molecular weight is 401 g/mol. The molecule has 28 heavy (non-hydrogen) atoms. The summed E-state index contributed by atoms with van der Waals surface area (Å²) in [5.41, 5.74) is 0.351.